The van der Waals surface area contributed by atoms with Gasteiger partial charge in [0.05, 0.1) is 17.2 Å². The molecule has 1 aromatic carbocycles. The molecule has 10 heteroatoms. The number of nitrogens with one attached hydrogen (secondary N) is 1. The first kappa shape index (κ1) is 21.5. The first-order valence-electron chi connectivity index (χ1n) is 8.56. The van der Waals surface area contributed by atoms with E-state index in [4.69, 9.17) is 0 Å². The lowest BCUT2D eigenvalue weighted by Crippen LogP contribution is -2.24. The van der Waals surface area contributed by atoms with E-state index in [0.717, 1.165) is 10.9 Å². The van der Waals surface area contributed by atoms with E-state index >= 15 is 0 Å². The van der Waals surface area contributed by atoms with Crippen molar-refractivity contribution in [2.75, 3.05) is 13.1 Å². The van der Waals surface area contributed by atoms with Crippen molar-refractivity contribution in [2.24, 2.45) is 0 Å². The summed E-state index contributed by atoms with van der Waals surface area (Å²) in [5.41, 5.74) is -3.84. The van der Waals surface area contributed by atoms with Gasteiger partial charge in [0.15, 0.2) is 0 Å². The van der Waals surface area contributed by atoms with Crippen molar-refractivity contribution in [2.45, 2.75) is 24.9 Å². The fourth-order valence-electron chi connectivity index (χ4n) is 2.94. The number of hydrogen-bond acceptors (Lipinski definition) is 4. The molecule has 0 aliphatic heterocycles. The van der Waals surface area contributed by atoms with Gasteiger partial charge in [0, 0.05) is 23.4 Å². The van der Waals surface area contributed by atoms with E-state index in [1.807, 2.05) is 17.5 Å². The number of nitrogens with zero attached hydrogens (tertiary/aromatic N) is 1. The molecule has 2 N–H and O–H groups in total. The molecule has 0 spiro atoms. The standard InChI is InChI=1S/C19H16F6N2OS/c20-18(21,22)14-5-1-4-12-13(9-16(19(23,24)25)27-17(12)14)15(28)10-26-7-6-11-3-2-8-29-11/h1-5,8-9,15,26,28H,6-7,10H2. The molecule has 3 rings (SSSR count). The third kappa shape index (κ3) is 5.06. The predicted octanol–water partition coefficient (Wildman–Crippen LogP) is 5.20. The quantitative estimate of drug-likeness (QED) is 0.414. The Morgan fingerprint density at radius 3 is 2.41 bits per heavy atom. The Balaban J connectivity index is 1.92. The van der Waals surface area contributed by atoms with Crippen LogP contribution in [0.3, 0.4) is 0 Å². The number of alkyl halides is 6. The molecule has 0 aliphatic rings. The number of hydrogen-bond donors (Lipinski definition) is 2. The maximum atomic E-state index is 13.3. The number of halogens is 6. The van der Waals surface area contributed by atoms with Crippen molar-refractivity contribution >= 4 is 22.2 Å². The van der Waals surface area contributed by atoms with E-state index in [1.54, 1.807) is 11.3 Å². The molecule has 0 radical (unpaired) electrons. The average molecular weight is 434 g/mol. The number of pyridine rings is 1. The molecule has 29 heavy (non-hydrogen) atoms. The van der Waals surface area contributed by atoms with Crippen LogP contribution in [-0.2, 0) is 18.8 Å². The monoisotopic (exact) mass is 434 g/mol. The summed E-state index contributed by atoms with van der Waals surface area (Å²) in [6, 6.07) is 7.39. The normalized spacial score (nSPS) is 13.8. The van der Waals surface area contributed by atoms with E-state index in [-0.39, 0.29) is 17.5 Å². The molecule has 2 aromatic heterocycles. The highest BCUT2D eigenvalue weighted by Gasteiger charge is 2.37. The molecule has 0 aliphatic carbocycles. The SMILES string of the molecule is OC(CNCCc1cccs1)c1cc(C(F)(F)F)nc2c(C(F)(F)F)cccc12. The van der Waals surface area contributed by atoms with Crippen molar-refractivity contribution in [3.63, 3.8) is 0 Å². The molecule has 0 fully saturated rings. The summed E-state index contributed by atoms with van der Waals surface area (Å²) in [7, 11) is 0. The Labute approximate surface area is 166 Å². The van der Waals surface area contributed by atoms with E-state index in [0.29, 0.717) is 25.1 Å². The van der Waals surface area contributed by atoms with Gasteiger partial charge in [0.2, 0.25) is 0 Å². The van der Waals surface area contributed by atoms with Crippen LogP contribution in [0.2, 0.25) is 0 Å². The van der Waals surface area contributed by atoms with Crippen LogP contribution in [0.25, 0.3) is 10.9 Å². The number of benzene rings is 1. The third-order valence-electron chi connectivity index (χ3n) is 4.29. The highest BCUT2D eigenvalue weighted by molar-refractivity contribution is 7.09. The number of aliphatic hydroxyl groups excluding tert-OH is 1. The van der Waals surface area contributed by atoms with Gasteiger partial charge in [-0.2, -0.15) is 26.3 Å². The van der Waals surface area contributed by atoms with Crippen molar-refractivity contribution < 1.29 is 31.4 Å². The Morgan fingerprint density at radius 1 is 1.03 bits per heavy atom. The highest BCUT2D eigenvalue weighted by Crippen LogP contribution is 2.38. The summed E-state index contributed by atoms with van der Waals surface area (Å²) in [5, 5.41) is 15.1. The summed E-state index contributed by atoms with van der Waals surface area (Å²) in [5.74, 6) is 0. The molecule has 0 bridgehead atoms. The molecular weight excluding hydrogens is 418 g/mol. The van der Waals surface area contributed by atoms with Crippen LogP contribution < -0.4 is 5.32 Å². The fraction of sp³-hybridized carbons (Fsp3) is 0.316. The number of para-hydroxylation sites is 1. The Bertz CT molecular complexity index is 969. The minimum absolute atomic E-state index is 0.113. The van der Waals surface area contributed by atoms with Gasteiger partial charge in [-0.25, -0.2) is 4.98 Å². The van der Waals surface area contributed by atoms with Gasteiger partial charge < -0.3 is 10.4 Å². The van der Waals surface area contributed by atoms with Crippen LogP contribution in [0.1, 0.15) is 27.8 Å². The van der Waals surface area contributed by atoms with Crippen LogP contribution >= 0.6 is 11.3 Å². The Kier molecular flexibility index (Phi) is 6.16. The lowest BCUT2D eigenvalue weighted by Gasteiger charge is -2.19. The number of fused-ring (bicyclic) bond motifs is 1. The maximum Gasteiger partial charge on any atom is 0.433 e. The zero-order chi connectivity index (χ0) is 21.2. The van der Waals surface area contributed by atoms with Gasteiger partial charge in [-0.05, 0) is 35.6 Å². The summed E-state index contributed by atoms with van der Waals surface area (Å²) in [4.78, 5) is 4.30. The largest absolute Gasteiger partial charge is 0.433 e. The average Bonchev–Trinajstić information content (AvgIpc) is 3.15. The second-order valence-corrected chi connectivity index (χ2v) is 7.38. The zero-order valence-electron chi connectivity index (χ0n) is 14.8. The summed E-state index contributed by atoms with van der Waals surface area (Å²) >= 11 is 1.55. The van der Waals surface area contributed by atoms with Gasteiger partial charge in [-0.1, -0.05) is 18.2 Å². The Morgan fingerprint density at radius 2 is 1.79 bits per heavy atom. The lowest BCUT2D eigenvalue weighted by molar-refractivity contribution is -0.142. The van der Waals surface area contributed by atoms with Crippen molar-refractivity contribution in [3.05, 3.63) is 63.5 Å². The second kappa shape index (κ2) is 8.29. The van der Waals surface area contributed by atoms with Crippen LogP contribution in [0.5, 0.6) is 0 Å². The molecule has 0 saturated heterocycles. The van der Waals surface area contributed by atoms with Gasteiger partial charge in [-0.15, -0.1) is 11.3 Å². The minimum Gasteiger partial charge on any atom is -0.387 e. The maximum absolute atomic E-state index is 13.3. The first-order chi connectivity index (χ1) is 13.6. The second-order valence-electron chi connectivity index (χ2n) is 6.34. The van der Waals surface area contributed by atoms with Gasteiger partial charge in [-0.3, -0.25) is 0 Å². The van der Waals surface area contributed by atoms with E-state index < -0.39 is 35.2 Å². The van der Waals surface area contributed by atoms with E-state index in [1.165, 1.54) is 6.07 Å². The van der Waals surface area contributed by atoms with Crippen LogP contribution in [-0.4, -0.2) is 23.2 Å². The molecule has 156 valence electrons. The molecule has 2 heterocycles. The number of thiophene rings is 1. The zero-order valence-corrected chi connectivity index (χ0v) is 15.6. The van der Waals surface area contributed by atoms with Crippen molar-refractivity contribution in [1.82, 2.24) is 10.3 Å². The van der Waals surface area contributed by atoms with Crippen LogP contribution in [0, 0.1) is 0 Å². The molecule has 3 nitrogen and oxygen atoms in total. The number of aliphatic hydroxyl groups is 1. The lowest BCUT2D eigenvalue weighted by atomic mass is 9.99. The highest BCUT2D eigenvalue weighted by atomic mass is 32.1. The molecule has 3 aromatic rings. The smallest absolute Gasteiger partial charge is 0.387 e. The number of aromatic nitrogens is 1. The fourth-order valence-corrected chi connectivity index (χ4v) is 3.65. The van der Waals surface area contributed by atoms with Crippen LogP contribution in [0.15, 0.2) is 41.8 Å². The van der Waals surface area contributed by atoms with Gasteiger partial charge in [0.25, 0.3) is 0 Å². The molecular formula is C19H16F6N2OS. The summed E-state index contributed by atoms with van der Waals surface area (Å²) in [6.07, 6.45) is -10.6. The topological polar surface area (TPSA) is 45.1 Å². The molecule has 1 atom stereocenters. The summed E-state index contributed by atoms with van der Waals surface area (Å²) < 4.78 is 79.4. The molecule has 0 amide bonds. The van der Waals surface area contributed by atoms with Crippen molar-refractivity contribution in [1.29, 1.82) is 0 Å². The van der Waals surface area contributed by atoms with Crippen LogP contribution in [0.4, 0.5) is 26.3 Å². The van der Waals surface area contributed by atoms with E-state index in [9.17, 15) is 31.4 Å². The predicted molar refractivity (Wildman–Crippen MR) is 97.6 cm³/mol. The number of rotatable bonds is 6. The van der Waals surface area contributed by atoms with E-state index in [2.05, 4.69) is 10.3 Å². The molecule has 0 saturated carbocycles. The first-order valence-corrected chi connectivity index (χ1v) is 9.44. The minimum atomic E-state index is -4.95. The third-order valence-corrected chi connectivity index (χ3v) is 5.23. The Hall–Kier alpha value is -2.17. The van der Waals surface area contributed by atoms with Gasteiger partial charge in [0.1, 0.15) is 5.69 Å². The molecule has 1 unspecified atom stereocenters. The van der Waals surface area contributed by atoms with Gasteiger partial charge >= 0.3 is 12.4 Å². The summed E-state index contributed by atoms with van der Waals surface area (Å²) in [6.45, 7) is 0.346. The van der Waals surface area contributed by atoms with Crippen molar-refractivity contribution in [3.8, 4) is 0 Å².